The van der Waals surface area contributed by atoms with Crippen LogP contribution in [-0.2, 0) is 6.54 Å². The molecule has 1 aromatic carbocycles. The van der Waals surface area contributed by atoms with E-state index in [4.69, 9.17) is 22.1 Å². The van der Waals surface area contributed by atoms with Crippen LogP contribution in [0.5, 0.6) is 11.8 Å². The molecule has 0 saturated carbocycles. The normalized spacial score (nSPS) is 10.3. The van der Waals surface area contributed by atoms with E-state index in [9.17, 15) is 0 Å². The van der Waals surface area contributed by atoms with E-state index < -0.39 is 0 Å². The van der Waals surface area contributed by atoms with Crippen molar-refractivity contribution in [1.29, 1.82) is 0 Å². The van der Waals surface area contributed by atoms with Crippen molar-refractivity contribution in [2.24, 2.45) is 5.73 Å². The lowest BCUT2D eigenvalue weighted by atomic mass is 10.2. The highest BCUT2D eigenvalue weighted by Crippen LogP contribution is 2.24. The molecule has 2 aromatic rings. The minimum atomic E-state index is 0.298. The zero-order valence-corrected chi connectivity index (χ0v) is 10.1. The van der Waals surface area contributed by atoms with Crippen molar-refractivity contribution in [3.8, 4) is 11.8 Å². The molecule has 0 atom stereocenters. The topological polar surface area (TPSA) is 61.0 Å². The molecule has 0 amide bonds. The summed E-state index contributed by atoms with van der Waals surface area (Å²) in [5.41, 5.74) is 7.38. The molecule has 0 aliphatic carbocycles. The van der Waals surface area contributed by atoms with Gasteiger partial charge in [0.15, 0.2) is 0 Å². The molecular formula is C12H12ClN3O. The molecule has 1 aromatic heterocycles. The number of halogens is 1. The van der Waals surface area contributed by atoms with E-state index in [0.717, 1.165) is 11.1 Å². The number of rotatable bonds is 3. The summed E-state index contributed by atoms with van der Waals surface area (Å²) in [6, 6.07) is 5.61. The van der Waals surface area contributed by atoms with Gasteiger partial charge >= 0.3 is 6.01 Å². The molecule has 0 fully saturated rings. The highest BCUT2D eigenvalue weighted by Gasteiger charge is 2.03. The molecular weight excluding hydrogens is 238 g/mol. The second-order valence-corrected chi connectivity index (χ2v) is 4.01. The molecule has 0 bridgehead atoms. The van der Waals surface area contributed by atoms with Crippen LogP contribution in [0, 0.1) is 6.92 Å². The number of hydrogen-bond donors (Lipinski definition) is 1. The Bertz CT molecular complexity index is 514. The smallest absolute Gasteiger partial charge is 0.321 e. The van der Waals surface area contributed by atoms with Crippen LogP contribution in [0.25, 0.3) is 0 Å². The number of aromatic nitrogens is 2. The van der Waals surface area contributed by atoms with E-state index in [-0.39, 0.29) is 0 Å². The molecule has 5 heteroatoms. The molecule has 1 heterocycles. The molecule has 0 spiro atoms. The van der Waals surface area contributed by atoms with Crippen molar-refractivity contribution in [1.82, 2.24) is 9.97 Å². The predicted molar refractivity (Wildman–Crippen MR) is 66.2 cm³/mol. The van der Waals surface area contributed by atoms with Crippen LogP contribution < -0.4 is 10.5 Å². The van der Waals surface area contributed by atoms with Crippen LogP contribution in [0.3, 0.4) is 0 Å². The summed E-state index contributed by atoms with van der Waals surface area (Å²) >= 11 is 6.02. The summed E-state index contributed by atoms with van der Waals surface area (Å²) in [7, 11) is 0. The van der Waals surface area contributed by atoms with Gasteiger partial charge in [0.05, 0.1) is 0 Å². The molecule has 4 nitrogen and oxygen atoms in total. The third-order valence-electron chi connectivity index (χ3n) is 2.21. The van der Waals surface area contributed by atoms with Crippen molar-refractivity contribution in [2.75, 3.05) is 0 Å². The number of nitrogens with zero attached hydrogens (tertiary/aromatic N) is 2. The second-order valence-electron chi connectivity index (χ2n) is 3.60. The van der Waals surface area contributed by atoms with Gasteiger partial charge in [0.1, 0.15) is 5.75 Å². The first kappa shape index (κ1) is 11.8. The van der Waals surface area contributed by atoms with Crippen LogP contribution >= 0.6 is 11.6 Å². The summed E-state index contributed by atoms with van der Waals surface area (Å²) in [6.45, 7) is 2.32. The Morgan fingerprint density at radius 3 is 2.59 bits per heavy atom. The summed E-state index contributed by atoms with van der Waals surface area (Å²) in [5.74, 6) is 0.594. The Morgan fingerprint density at radius 1 is 1.29 bits per heavy atom. The minimum absolute atomic E-state index is 0.298. The van der Waals surface area contributed by atoms with Crippen molar-refractivity contribution in [3.05, 3.63) is 46.7 Å². The van der Waals surface area contributed by atoms with Gasteiger partial charge in [-0.3, -0.25) is 0 Å². The fourth-order valence-electron chi connectivity index (χ4n) is 1.30. The molecule has 2 rings (SSSR count). The van der Waals surface area contributed by atoms with Gasteiger partial charge in [-0.25, -0.2) is 9.97 Å². The summed E-state index contributed by atoms with van der Waals surface area (Å²) < 4.78 is 5.47. The van der Waals surface area contributed by atoms with Crippen molar-refractivity contribution >= 4 is 11.6 Å². The highest BCUT2D eigenvalue weighted by molar-refractivity contribution is 6.31. The summed E-state index contributed by atoms with van der Waals surface area (Å²) in [5, 5.41) is 0.581. The van der Waals surface area contributed by atoms with Crippen LogP contribution in [0.1, 0.15) is 11.1 Å². The molecule has 0 saturated heterocycles. The maximum Gasteiger partial charge on any atom is 0.321 e. The first-order chi connectivity index (χ1) is 8.19. The van der Waals surface area contributed by atoms with Gasteiger partial charge in [-0.15, -0.1) is 0 Å². The first-order valence-electron chi connectivity index (χ1n) is 5.14. The van der Waals surface area contributed by atoms with Crippen LogP contribution in [0.2, 0.25) is 5.02 Å². The molecule has 0 aliphatic rings. The number of hydrogen-bond acceptors (Lipinski definition) is 4. The molecule has 88 valence electrons. The Kier molecular flexibility index (Phi) is 3.56. The highest BCUT2D eigenvalue weighted by atomic mass is 35.5. The van der Waals surface area contributed by atoms with Crippen molar-refractivity contribution in [3.63, 3.8) is 0 Å². The SMILES string of the molecule is Cc1cnc(Oc2ccc(CN)c(Cl)c2)nc1. The van der Waals surface area contributed by atoms with E-state index in [2.05, 4.69) is 9.97 Å². The van der Waals surface area contributed by atoms with Crippen LogP contribution in [0.15, 0.2) is 30.6 Å². The van der Waals surface area contributed by atoms with Crippen molar-refractivity contribution < 1.29 is 4.74 Å². The average Bonchev–Trinajstić information content (AvgIpc) is 2.32. The van der Waals surface area contributed by atoms with Gasteiger partial charge in [-0.05, 0) is 30.2 Å². The standard InChI is InChI=1S/C12H12ClN3O/c1-8-6-15-12(16-7-8)17-10-3-2-9(5-14)11(13)4-10/h2-4,6-7H,5,14H2,1H3. The number of nitrogens with two attached hydrogens (primary N) is 1. The molecule has 0 radical (unpaired) electrons. The van der Waals surface area contributed by atoms with Crippen LogP contribution in [0.4, 0.5) is 0 Å². The molecule has 17 heavy (non-hydrogen) atoms. The minimum Gasteiger partial charge on any atom is -0.424 e. The van der Waals surface area contributed by atoms with Gasteiger partial charge in [-0.2, -0.15) is 0 Å². The van der Waals surface area contributed by atoms with E-state index in [1.807, 2.05) is 13.0 Å². The fraction of sp³-hybridized carbons (Fsp3) is 0.167. The van der Waals surface area contributed by atoms with E-state index in [1.165, 1.54) is 0 Å². The second kappa shape index (κ2) is 5.12. The monoisotopic (exact) mass is 249 g/mol. The third kappa shape index (κ3) is 2.93. The fourth-order valence-corrected chi connectivity index (χ4v) is 1.54. The van der Waals surface area contributed by atoms with E-state index in [0.29, 0.717) is 23.3 Å². The largest absolute Gasteiger partial charge is 0.424 e. The lowest BCUT2D eigenvalue weighted by molar-refractivity contribution is 0.441. The van der Waals surface area contributed by atoms with E-state index >= 15 is 0 Å². The zero-order chi connectivity index (χ0) is 12.3. The van der Waals surface area contributed by atoms with Crippen LogP contribution in [-0.4, -0.2) is 9.97 Å². The van der Waals surface area contributed by atoms with Gasteiger partial charge in [-0.1, -0.05) is 17.7 Å². The van der Waals surface area contributed by atoms with Crippen molar-refractivity contribution in [2.45, 2.75) is 13.5 Å². The summed E-state index contributed by atoms with van der Waals surface area (Å²) in [6.07, 6.45) is 3.39. The predicted octanol–water partition coefficient (Wildman–Crippen LogP) is 2.69. The lowest BCUT2D eigenvalue weighted by Crippen LogP contribution is -1.97. The Morgan fingerprint density at radius 2 is 2.00 bits per heavy atom. The molecule has 0 unspecified atom stereocenters. The Labute approximate surface area is 104 Å². The third-order valence-corrected chi connectivity index (χ3v) is 2.56. The Hall–Kier alpha value is -1.65. The number of benzene rings is 1. The maximum atomic E-state index is 6.02. The van der Waals surface area contributed by atoms with Gasteiger partial charge in [0.2, 0.25) is 0 Å². The first-order valence-corrected chi connectivity index (χ1v) is 5.52. The van der Waals surface area contributed by atoms with Gasteiger partial charge in [0, 0.05) is 24.0 Å². The maximum absolute atomic E-state index is 6.02. The average molecular weight is 250 g/mol. The molecule has 2 N–H and O–H groups in total. The number of aryl methyl sites for hydroxylation is 1. The Balaban J connectivity index is 2.19. The van der Waals surface area contributed by atoms with Gasteiger partial charge in [0.25, 0.3) is 0 Å². The quantitative estimate of drug-likeness (QED) is 0.909. The molecule has 0 aliphatic heterocycles. The van der Waals surface area contributed by atoms with Gasteiger partial charge < -0.3 is 10.5 Å². The number of ether oxygens (including phenoxy) is 1. The summed E-state index contributed by atoms with van der Waals surface area (Å²) in [4.78, 5) is 8.09. The lowest BCUT2D eigenvalue weighted by Gasteiger charge is -2.06. The van der Waals surface area contributed by atoms with E-state index in [1.54, 1.807) is 24.5 Å². The zero-order valence-electron chi connectivity index (χ0n) is 9.35.